The molecule has 2 rings (SSSR count). The molecule has 0 atom stereocenters. The largest absolute Gasteiger partial charge is 0.380 e. The van der Waals surface area contributed by atoms with E-state index in [4.69, 9.17) is 4.74 Å². The first kappa shape index (κ1) is 9.16. The minimum absolute atomic E-state index is 0.622. The number of ether oxygens (including phenoxy) is 1. The number of hydrogen-bond donors (Lipinski definition) is 0. The number of methoxy groups -OCH3 is 1. The number of pyridine rings is 1. The van der Waals surface area contributed by atoms with Crippen molar-refractivity contribution in [2.45, 2.75) is 13.5 Å². The van der Waals surface area contributed by atoms with E-state index in [1.165, 1.54) is 10.9 Å². The fourth-order valence-electron chi connectivity index (χ4n) is 1.52. The van der Waals surface area contributed by atoms with Crippen molar-refractivity contribution in [2.75, 3.05) is 7.11 Å². The van der Waals surface area contributed by atoms with Crippen LogP contribution in [0.25, 0.3) is 10.9 Å². The highest BCUT2D eigenvalue weighted by Gasteiger charge is 1.97. The van der Waals surface area contributed by atoms with Crippen LogP contribution in [0.1, 0.15) is 11.1 Å². The first-order chi connectivity index (χ1) is 6.79. The lowest BCUT2D eigenvalue weighted by Gasteiger charge is -2.02. The van der Waals surface area contributed by atoms with Gasteiger partial charge in [0.05, 0.1) is 12.1 Å². The van der Waals surface area contributed by atoms with Gasteiger partial charge in [-0.05, 0) is 30.2 Å². The zero-order valence-corrected chi connectivity index (χ0v) is 8.45. The molecule has 2 aromatic rings. The van der Waals surface area contributed by atoms with Crippen LogP contribution < -0.4 is 0 Å². The summed E-state index contributed by atoms with van der Waals surface area (Å²) in [6.45, 7) is 2.70. The zero-order chi connectivity index (χ0) is 9.97. The molecule has 2 heteroatoms. The summed E-state index contributed by atoms with van der Waals surface area (Å²) in [5, 5.41) is 1.17. The molecule has 0 aliphatic heterocycles. The Morgan fingerprint density at radius 1 is 1.29 bits per heavy atom. The topological polar surface area (TPSA) is 22.1 Å². The Bertz CT molecular complexity index is 451. The van der Waals surface area contributed by atoms with Crippen LogP contribution in [0.3, 0.4) is 0 Å². The van der Waals surface area contributed by atoms with Crippen molar-refractivity contribution in [1.82, 2.24) is 4.98 Å². The molecule has 0 radical (unpaired) electrons. The fourth-order valence-corrected chi connectivity index (χ4v) is 1.52. The molecule has 0 aliphatic rings. The molecule has 0 N–H and O–H groups in total. The summed E-state index contributed by atoms with van der Waals surface area (Å²) >= 11 is 0. The van der Waals surface area contributed by atoms with E-state index in [0.717, 1.165) is 11.1 Å². The molecule has 0 saturated carbocycles. The molecule has 0 aliphatic carbocycles. The van der Waals surface area contributed by atoms with E-state index in [-0.39, 0.29) is 0 Å². The number of hydrogen-bond acceptors (Lipinski definition) is 2. The Kier molecular flexibility index (Phi) is 2.46. The normalized spacial score (nSPS) is 10.7. The minimum atomic E-state index is 0.622. The van der Waals surface area contributed by atoms with Crippen molar-refractivity contribution >= 4 is 10.9 Å². The standard InChI is InChI=1S/C12H13NO/c1-9-3-4-11-6-10(8-14-2)7-13-12(11)5-9/h3-7H,8H2,1-2H3. The number of benzene rings is 1. The lowest BCUT2D eigenvalue weighted by molar-refractivity contribution is 0.185. The Balaban J connectivity index is 2.50. The molecule has 1 aromatic carbocycles. The maximum Gasteiger partial charge on any atom is 0.0728 e. The molecule has 2 nitrogen and oxygen atoms in total. The molecule has 0 saturated heterocycles. The lowest BCUT2D eigenvalue weighted by Crippen LogP contribution is -1.89. The van der Waals surface area contributed by atoms with Crippen molar-refractivity contribution < 1.29 is 4.74 Å². The van der Waals surface area contributed by atoms with Gasteiger partial charge in [0.25, 0.3) is 0 Å². The molecule has 1 heterocycles. The van der Waals surface area contributed by atoms with Crippen molar-refractivity contribution in [3.8, 4) is 0 Å². The van der Waals surface area contributed by atoms with Gasteiger partial charge in [0.2, 0.25) is 0 Å². The van der Waals surface area contributed by atoms with E-state index in [9.17, 15) is 0 Å². The van der Waals surface area contributed by atoms with Crippen LogP contribution in [-0.4, -0.2) is 12.1 Å². The maximum absolute atomic E-state index is 5.06. The fraction of sp³-hybridized carbons (Fsp3) is 0.250. The molecular formula is C12H13NO. The molecule has 1 aromatic heterocycles. The minimum Gasteiger partial charge on any atom is -0.380 e. The quantitative estimate of drug-likeness (QED) is 0.721. The Morgan fingerprint density at radius 2 is 2.14 bits per heavy atom. The van der Waals surface area contributed by atoms with Gasteiger partial charge in [0, 0.05) is 18.7 Å². The molecule has 0 unspecified atom stereocenters. The van der Waals surface area contributed by atoms with E-state index in [1.807, 2.05) is 6.20 Å². The number of nitrogens with zero attached hydrogens (tertiary/aromatic N) is 1. The van der Waals surface area contributed by atoms with Crippen LogP contribution in [0.4, 0.5) is 0 Å². The average molecular weight is 187 g/mol. The third-order valence-corrected chi connectivity index (χ3v) is 2.21. The predicted octanol–water partition coefficient (Wildman–Crippen LogP) is 2.69. The summed E-state index contributed by atoms with van der Waals surface area (Å²) < 4.78 is 5.06. The monoisotopic (exact) mass is 187 g/mol. The average Bonchev–Trinajstić information content (AvgIpc) is 2.19. The smallest absolute Gasteiger partial charge is 0.0728 e. The van der Waals surface area contributed by atoms with Crippen molar-refractivity contribution in [3.63, 3.8) is 0 Å². The van der Waals surface area contributed by atoms with Crippen LogP contribution >= 0.6 is 0 Å². The molecular weight excluding hydrogens is 174 g/mol. The number of aryl methyl sites for hydroxylation is 1. The Morgan fingerprint density at radius 3 is 2.93 bits per heavy atom. The zero-order valence-electron chi connectivity index (χ0n) is 8.45. The number of rotatable bonds is 2. The van der Waals surface area contributed by atoms with E-state index < -0.39 is 0 Å². The highest BCUT2D eigenvalue weighted by molar-refractivity contribution is 5.79. The molecule has 0 bridgehead atoms. The van der Waals surface area contributed by atoms with Gasteiger partial charge in [0.15, 0.2) is 0 Å². The van der Waals surface area contributed by atoms with Crippen LogP contribution in [-0.2, 0) is 11.3 Å². The molecule has 72 valence electrons. The lowest BCUT2D eigenvalue weighted by atomic mass is 10.1. The second kappa shape index (κ2) is 3.76. The SMILES string of the molecule is COCc1cnc2cc(C)ccc2c1. The summed E-state index contributed by atoms with van der Waals surface area (Å²) in [7, 11) is 1.69. The van der Waals surface area contributed by atoms with E-state index >= 15 is 0 Å². The number of fused-ring (bicyclic) bond motifs is 1. The molecule has 14 heavy (non-hydrogen) atoms. The predicted molar refractivity (Wildman–Crippen MR) is 57.2 cm³/mol. The second-order valence-corrected chi connectivity index (χ2v) is 3.47. The molecule has 0 spiro atoms. The van der Waals surface area contributed by atoms with Crippen LogP contribution in [0.5, 0.6) is 0 Å². The van der Waals surface area contributed by atoms with Gasteiger partial charge >= 0.3 is 0 Å². The van der Waals surface area contributed by atoms with E-state index in [1.54, 1.807) is 7.11 Å². The van der Waals surface area contributed by atoms with Gasteiger partial charge in [0.1, 0.15) is 0 Å². The van der Waals surface area contributed by atoms with Crippen molar-refractivity contribution in [2.24, 2.45) is 0 Å². The van der Waals surface area contributed by atoms with Crippen LogP contribution in [0.15, 0.2) is 30.5 Å². The van der Waals surface area contributed by atoms with Gasteiger partial charge in [-0.3, -0.25) is 4.98 Å². The first-order valence-corrected chi connectivity index (χ1v) is 4.64. The maximum atomic E-state index is 5.06. The third-order valence-electron chi connectivity index (χ3n) is 2.21. The second-order valence-electron chi connectivity index (χ2n) is 3.47. The number of aromatic nitrogens is 1. The van der Waals surface area contributed by atoms with Crippen molar-refractivity contribution in [3.05, 3.63) is 41.6 Å². The van der Waals surface area contributed by atoms with Crippen LogP contribution in [0.2, 0.25) is 0 Å². The Labute approximate surface area is 83.5 Å². The summed E-state index contributed by atoms with van der Waals surface area (Å²) in [5.41, 5.74) is 3.40. The summed E-state index contributed by atoms with van der Waals surface area (Å²) in [4.78, 5) is 4.38. The molecule has 0 amide bonds. The Hall–Kier alpha value is -1.41. The van der Waals surface area contributed by atoms with E-state index in [2.05, 4.69) is 36.2 Å². The van der Waals surface area contributed by atoms with Crippen LogP contribution in [0, 0.1) is 6.92 Å². The molecule has 0 fully saturated rings. The highest BCUT2D eigenvalue weighted by atomic mass is 16.5. The summed E-state index contributed by atoms with van der Waals surface area (Å²) in [6, 6.07) is 8.40. The van der Waals surface area contributed by atoms with Crippen molar-refractivity contribution in [1.29, 1.82) is 0 Å². The van der Waals surface area contributed by atoms with Gasteiger partial charge in [-0.2, -0.15) is 0 Å². The third kappa shape index (κ3) is 1.75. The summed E-state index contributed by atoms with van der Waals surface area (Å²) in [5.74, 6) is 0. The van der Waals surface area contributed by atoms with E-state index in [0.29, 0.717) is 6.61 Å². The van der Waals surface area contributed by atoms with Gasteiger partial charge in [-0.25, -0.2) is 0 Å². The first-order valence-electron chi connectivity index (χ1n) is 4.64. The van der Waals surface area contributed by atoms with Gasteiger partial charge in [-0.1, -0.05) is 12.1 Å². The summed E-state index contributed by atoms with van der Waals surface area (Å²) in [6.07, 6.45) is 1.87. The van der Waals surface area contributed by atoms with Gasteiger partial charge in [-0.15, -0.1) is 0 Å². The van der Waals surface area contributed by atoms with Gasteiger partial charge < -0.3 is 4.74 Å². The highest BCUT2D eigenvalue weighted by Crippen LogP contribution is 2.15.